The molecular formula is C25H34O5. The Balaban J connectivity index is 1.08. The van der Waals surface area contributed by atoms with Crippen LogP contribution in [0.1, 0.15) is 58.3 Å². The van der Waals surface area contributed by atoms with Crippen LogP contribution in [0.2, 0.25) is 0 Å². The van der Waals surface area contributed by atoms with E-state index in [0.29, 0.717) is 32.2 Å². The predicted octanol–water partition coefficient (Wildman–Crippen LogP) is 4.22. The van der Waals surface area contributed by atoms with Crippen LogP contribution in [0.3, 0.4) is 0 Å². The summed E-state index contributed by atoms with van der Waals surface area (Å²) in [6.45, 7) is 3.46. The largest absolute Gasteiger partial charge is 0.465 e. The maximum absolute atomic E-state index is 12.6. The molecule has 0 aromatic carbocycles. The van der Waals surface area contributed by atoms with Crippen molar-refractivity contribution in [3.63, 3.8) is 0 Å². The third-order valence-corrected chi connectivity index (χ3v) is 7.78. The molecule has 2 saturated carbocycles. The highest BCUT2D eigenvalue weighted by Gasteiger charge is 2.39. The lowest BCUT2D eigenvalue weighted by Gasteiger charge is -2.39. The molecule has 5 unspecified atom stereocenters. The number of Topliss-reactive ketones (excluding diaryl/α,β-unsaturated/α-hetero) is 1. The van der Waals surface area contributed by atoms with E-state index < -0.39 is 0 Å². The van der Waals surface area contributed by atoms with Gasteiger partial charge in [-0.15, -0.1) is 0 Å². The molecule has 0 amide bonds. The average Bonchev–Trinajstić information content (AvgIpc) is 2.76. The van der Waals surface area contributed by atoms with Gasteiger partial charge in [0.1, 0.15) is 5.78 Å². The number of hydrogen-bond acceptors (Lipinski definition) is 5. The fourth-order valence-electron chi connectivity index (χ4n) is 6.28. The Morgan fingerprint density at radius 1 is 1.10 bits per heavy atom. The topological polar surface area (TPSA) is 61.8 Å². The highest BCUT2D eigenvalue weighted by Crippen LogP contribution is 2.41. The van der Waals surface area contributed by atoms with Crippen LogP contribution >= 0.6 is 0 Å². The first-order chi connectivity index (χ1) is 14.5. The van der Waals surface area contributed by atoms with Crippen molar-refractivity contribution in [2.24, 2.45) is 35.5 Å². The van der Waals surface area contributed by atoms with Crippen LogP contribution in [-0.4, -0.2) is 37.9 Å². The molecule has 0 aromatic heterocycles. The van der Waals surface area contributed by atoms with Crippen molar-refractivity contribution >= 4 is 11.8 Å². The van der Waals surface area contributed by atoms with Crippen LogP contribution in [0.25, 0.3) is 0 Å². The third-order valence-electron chi connectivity index (χ3n) is 7.78. The van der Waals surface area contributed by atoms with Gasteiger partial charge in [-0.25, -0.2) is 0 Å². The zero-order chi connectivity index (χ0) is 20.7. The van der Waals surface area contributed by atoms with Gasteiger partial charge in [0.25, 0.3) is 0 Å². The fourth-order valence-corrected chi connectivity index (χ4v) is 6.28. The summed E-state index contributed by atoms with van der Waals surface area (Å²) >= 11 is 0. The Hall–Kier alpha value is -1.46. The zero-order valence-corrected chi connectivity index (χ0v) is 18.0. The van der Waals surface area contributed by atoms with E-state index in [1.807, 2.05) is 6.92 Å². The molecule has 5 atom stereocenters. The quantitative estimate of drug-likeness (QED) is 0.509. The molecule has 4 aliphatic carbocycles. The number of ether oxygens (including phenoxy) is 3. The molecule has 0 radical (unpaired) electrons. The number of esters is 1. The lowest BCUT2D eigenvalue weighted by atomic mass is 9.70. The van der Waals surface area contributed by atoms with Crippen molar-refractivity contribution in [2.45, 2.75) is 64.6 Å². The van der Waals surface area contributed by atoms with E-state index in [1.54, 1.807) is 5.57 Å². The van der Waals surface area contributed by atoms with Gasteiger partial charge in [-0.3, -0.25) is 9.59 Å². The molecule has 0 spiro atoms. The molecule has 4 bridgehead atoms. The maximum Gasteiger partial charge on any atom is 0.309 e. The highest BCUT2D eigenvalue weighted by molar-refractivity contribution is 5.87. The van der Waals surface area contributed by atoms with Gasteiger partial charge in [0.15, 0.2) is 6.29 Å². The number of fused-ring (bicyclic) bond motifs is 4. The summed E-state index contributed by atoms with van der Waals surface area (Å²) in [4.78, 5) is 24.9. The summed E-state index contributed by atoms with van der Waals surface area (Å²) in [5.74, 6) is 1.19. The lowest BCUT2D eigenvalue weighted by molar-refractivity contribution is -0.226. The summed E-state index contributed by atoms with van der Waals surface area (Å²) in [6.07, 6.45) is 12.9. The van der Waals surface area contributed by atoms with E-state index in [-0.39, 0.29) is 41.7 Å². The van der Waals surface area contributed by atoms with Gasteiger partial charge in [0.2, 0.25) is 0 Å². The Morgan fingerprint density at radius 2 is 1.93 bits per heavy atom. The normalized spacial score (nSPS) is 41.0. The second kappa shape index (κ2) is 8.58. The molecule has 30 heavy (non-hydrogen) atoms. The second-order valence-electron chi connectivity index (χ2n) is 10.3. The minimum atomic E-state index is -0.183. The standard InChI is InChI=1S/C25H34O5/c1-15-5-18-9-20(23(15)26)11-21(10-18)24(27)28-12-19-13-29-25(30-14-19)22-7-16-3-2-4-17(6-16)8-22/h5,7,15,17,19-22,25H,2-4,6,8-14H2,1H3. The first-order valence-electron chi connectivity index (χ1n) is 11.9. The molecule has 1 saturated heterocycles. The Kier molecular flexibility index (Phi) is 5.85. The fraction of sp³-hybridized carbons (Fsp3) is 0.760. The molecule has 0 N–H and O–H groups in total. The van der Waals surface area contributed by atoms with Crippen LogP contribution in [-0.2, 0) is 23.8 Å². The van der Waals surface area contributed by atoms with Crippen LogP contribution in [0.4, 0.5) is 0 Å². The van der Waals surface area contributed by atoms with Gasteiger partial charge in [-0.05, 0) is 57.3 Å². The van der Waals surface area contributed by atoms with Crippen LogP contribution in [0.15, 0.2) is 23.3 Å². The number of allylic oxidation sites excluding steroid dienone is 3. The third kappa shape index (κ3) is 4.29. The minimum absolute atomic E-state index is 0.000386. The zero-order valence-electron chi connectivity index (χ0n) is 18.0. The number of ketones is 1. The molecule has 164 valence electrons. The van der Waals surface area contributed by atoms with Crippen LogP contribution in [0, 0.1) is 35.5 Å². The van der Waals surface area contributed by atoms with E-state index in [0.717, 1.165) is 18.8 Å². The smallest absolute Gasteiger partial charge is 0.309 e. The Morgan fingerprint density at radius 3 is 2.73 bits per heavy atom. The molecule has 5 aliphatic rings. The predicted molar refractivity (Wildman–Crippen MR) is 111 cm³/mol. The monoisotopic (exact) mass is 414 g/mol. The summed E-state index contributed by atoms with van der Waals surface area (Å²) in [5, 5.41) is 0. The van der Waals surface area contributed by atoms with Gasteiger partial charge < -0.3 is 14.2 Å². The summed E-state index contributed by atoms with van der Waals surface area (Å²) < 4.78 is 17.7. The van der Waals surface area contributed by atoms with Crippen LogP contribution < -0.4 is 0 Å². The summed E-state index contributed by atoms with van der Waals surface area (Å²) in [6, 6.07) is 0. The minimum Gasteiger partial charge on any atom is -0.465 e. The van der Waals surface area contributed by atoms with Gasteiger partial charge in [-0.1, -0.05) is 30.2 Å². The molecule has 0 aromatic rings. The van der Waals surface area contributed by atoms with Gasteiger partial charge in [0, 0.05) is 23.7 Å². The van der Waals surface area contributed by atoms with Crippen molar-refractivity contribution < 1.29 is 23.8 Å². The van der Waals surface area contributed by atoms with E-state index in [1.165, 1.54) is 37.7 Å². The molecule has 5 heteroatoms. The van der Waals surface area contributed by atoms with Crippen molar-refractivity contribution in [3.8, 4) is 0 Å². The molecule has 1 aliphatic heterocycles. The van der Waals surface area contributed by atoms with Gasteiger partial charge >= 0.3 is 5.97 Å². The number of carbonyl (C=O) groups excluding carboxylic acids is 2. The van der Waals surface area contributed by atoms with Gasteiger partial charge in [-0.2, -0.15) is 0 Å². The molecular weight excluding hydrogens is 380 g/mol. The number of rotatable bonds is 4. The molecule has 3 fully saturated rings. The number of hydrogen-bond donors (Lipinski definition) is 0. The van der Waals surface area contributed by atoms with E-state index >= 15 is 0 Å². The summed E-state index contributed by atoms with van der Waals surface area (Å²) in [7, 11) is 0. The van der Waals surface area contributed by atoms with Crippen molar-refractivity contribution in [1.29, 1.82) is 0 Å². The Labute approximate surface area is 179 Å². The first kappa shape index (κ1) is 20.4. The molecule has 5 rings (SSSR count). The maximum atomic E-state index is 12.6. The SMILES string of the molecule is CC1C=C2CC(C(=O)OCC3COC(C4C=C5CCCC(C5)C4)OC3)CC(C2)C1=O. The van der Waals surface area contributed by atoms with Gasteiger partial charge in [0.05, 0.1) is 25.7 Å². The van der Waals surface area contributed by atoms with Crippen molar-refractivity contribution in [3.05, 3.63) is 23.3 Å². The first-order valence-corrected chi connectivity index (χ1v) is 11.9. The van der Waals surface area contributed by atoms with Crippen molar-refractivity contribution in [2.75, 3.05) is 19.8 Å². The highest BCUT2D eigenvalue weighted by atomic mass is 16.7. The van der Waals surface area contributed by atoms with E-state index in [9.17, 15) is 9.59 Å². The lowest BCUT2D eigenvalue weighted by Crippen LogP contribution is -2.40. The average molecular weight is 415 g/mol. The Bertz CT molecular complexity index is 745. The van der Waals surface area contributed by atoms with Crippen LogP contribution in [0.5, 0.6) is 0 Å². The summed E-state index contributed by atoms with van der Waals surface area (Å²) in [5.41, 5.74) is 2.84. The molecule has 1 heterocycles. The second-order valence-corrected chi connectivity index (χ2v) is 10.3. The van der Waals surface area contributed by atoms with Crippen molar-refractivity contribution in [1.82, 2.24) is 0 Å². The number of carbonyl (C=O) groups is 2. The molecule has 5 nitrogen and oxygen atoms in total. The van der Waals surface area contributed by atoms with E-state index in [4.69, 9.17) is 14.2 Å². The van der Waals surface area contributed by atoms with E-state index in [2.05, 4.69) is 12.2 Å².